The topological polar surface area (TPSA) is 21.3 Å². The molecule has 2 nitrogen and oxygen atoms in total. The zero-order chi connectivity index (χ0) is 14.8. The third kappa shape index (κ3) is 3.38. The van der Waals surface area contributed by atoms with Gasteiger partial charge in [0.05, 0.1) is 22.0 Å². The van der Waals surface area contributed by atoms with Gasteiger partial charge in [-0.05, 0) is 49.4 Å². The highest BCUT2D eigenvalue weighted by molar-refractivity contribution is 8.01. The van der Waals surface area contributed by atoms with E-state index >= 15 is 0 Å². The van der Waals surface area contributed by atoms with Gasteiger partial charge in [-0.3, -0.25) is 0 Å². The van der Waals surface area contributed by atoms with Crippen LogP contribution < -0.4 is 10.1 Å². The van der Waals surface area contributed by atoms with Crippen molar-refractivity contribution in [2.75, 3.05) is 5.32 Å². The molecule has 2 heterocycles. The molecule has 0 fully saturated rings. The molecule has 0 aliphatic carbocycles. The van der Waals surface area contributed by atoms with Crippen molar-refractivity contribution in [2.45, 2.75) is 48.8 Å². The molecule has 1 aliphatic heterocycles. The number of thiophene rings is 1. The van der Waals surface area contributed by atoms with E-state index in [9.17, 15) is 0 Å². The maximum absolute atomic E-state index is 5.92. The number of anilines is 1. The van der Waals surface area contributed by atoms with Gasteiger partial charge in [-0.2, -0.15) is 0 Å². The molecule has 1 unspecified atom stereocenters. The SMILES string of the molecule is CC(C)Oc1ccccc1NC1C[C@H](C)Sc2sccc21. The Morgan fingerprint density at radius 3 is 2.86 bits per heavy atom. The van der Waals surface area contributed by atoms with E-state index in [1.165, 1.54) is 9.77 Å². The molecule has 21 heavy (non-hydrogen) atoms. The van der Waals surface area contributed by atoms with Crippen molar-refractivity contribution in [3.05, 3.63) is 41.3 Å². The number of rotatable bonds is 4. The molecular weight excluding hydrogens is 298 g/mol. The summed E-state index contributed by atoms with van der Waals surface area (Å²) in [4.78, 5) is 0. The summed E-state index contributed by atoms with van der Waals surface area (Å²) in [7, 11) is 0. The fourth-order valence-electron chi connectivity index (χ4n) is 2.62. The van der Waals surface area contributed by atoms with Crippen LogP contribution in [0.4, 0.5) is 5.69 Å². The monoisotopic (exact) mass is 319 g/mol. The number of para-hydroxylation sites is 2. The molecule has 0 spiro atoms. The molecule has 112 valence electrons. The Kier molecular flexibility index (Phi) is 4.45. The fourth-order valence-corrected chi connectivity index (χ4v) is 5.18. The second kappa shape index (κ2) is 6.32. The number of thioether (sulfide) groups is 1. The Morgan fingerprint density at radius 2 is 2.05 bits per heavy atom. The lowest BCUT2D eigenvalue weighted by Crippen LogP contribution is -2.19. The molecule has 0 saturated carbocycles. The number of fused-ring (bicyclic) bond motifs is 1. The van der Waals surface area contributed by atoms with E-state index < -0.39 is 0 Å². The largest absolute Gasteiger partial charge is 0.489 e. The highest BCUT2D eigenvalue weighted by atomic mass is 32.2. The summed E-state index contributed by atoms with van der Waals surface area (Å²) in [5.74, 6) is 0.940. The Balaban J connectivity index is 1.85. The summed E-state index contributed by atoms with van der Waals surface area (Å²) >= 11 is 3.84. The van der Waals surface area contributed by atoms with Gasteiger partial charge in [-0.25, -0.2) is 0 Å². The van der Waals surface area contributed by atoms with Gasteiger partial charge in [0, 0.05) is 5.25 Å². The van der Waals surface area contributed by atoms with Gasteiger partial charge < -0.3 is 10.1 Å². The predicted octanol–water partition coefficient (Wildman–Crippen LogP) is 5.57. The first-order chi connectivity index (χ1) is 10.1. The zero-order valence-electron chi connectivity index (χ0n) is 12.6. The number of hydrogen-bond donors (Lipinski definition) is 1. The second-order valence-corrected chi connectivity index (χ2v) is 8.31. The third-order valence-corrected chi connectivity index (χ3v) is 5.83. The third-order valence-electron chi connectivity index (χ3n) is 3.49. The number of benzene rings is 1. The molecule has 0 saturated heterocycles. The van der Waals surface area contributed by atoms with E-state index in [-0.39, 0.29) is 6.10 Å². The fraction of sp³-hybridized carbons (Fsp3) is 0.412. The van der Waals surface area contributed by atoms with E-state index in [0.29, 0.717) is 11.3 Å². The minimum atomic E-state index is 0.186. The van der Waals surface area contributed by atoms with Crippen LogP contribution in [0, 0.1) is 0 Å². The summed E-state index contributed by atoms with van der Waals surface area (Å²) in [6.07, 6.45) is 1.33. The Labute approximate surface area is 134 Å². The van der Waals surface area contributed by atoms with Gasteiger partial charge in [-0.15, -0.1) is 23.1 Å². The molecule has 2 atom stereocenters. The highest BCUT2D eigenvalue weighted by Gasteiger charge is 2.26. The maximum atomic E-state index is 5.92. The number of ether oxygens (including phenoxy) is 1. The van der Waals surface area contributed by atoms with Crippen LogP contribution >= 0.6 is 23.1 Å². The van der Waals surface area contributed by atoms with Crippen LogP contribution in [-0.4, -0.2) is 11.4 Å². The lowest BCUT2D eigenvalue weighted by Gasteiger charge is -2.29. The smallest absolute Gasteiger partial charge is 0.142 e. The first-order valence-corrected chi connectivity index (χ1v) is 9.15. The average molecular weight is 319 g/mol. The lowest BCUT2D eigenvalue weighted by molar-refractivity contribution is 0.243. The Hall–Kier alpha value is -1.13. The van der Waals surface area contributed by atoms with Gasteiger partial charge in [0.1, 0.15) is 5.75 Å². The van der Waals surface area contributed by atoms with Crippen molar-refractivity contribution in [2.24, 2.45) is 0 Å². The molecule has 1 aromatic heterocycles. The summed E-state index contributed by atoms with van der Waals surface area (Å²) < 4.78 is 7.37. The molecule has 0 amide bonds. The van der Waals surface area contributed by atoms with E-state index in [4.69, 9.17) is 4.74 Å². The van der Waals surface area contributed by atoms with Gasteiger partial charge >= 0.3 is 0 Å². The zero-order valence-corrected chi connectivity index (χ0v) is 14.3. The molecule has 1 aromatic carbocycles. The van der Waals surface area contributed by atoms with E-state index in [1.807, 2.05) is 35.2 Å². The van der Waals surface area contributed by atoms with E-state index in [2.05, 4.69) is 49.7 Å². The van der Waals surface area contributed by atoms with Crippen LogP contribution in [0.25, 0.3) is 0 Å². The van der Waals surface area contributed by atoms with Gasteiger partial charge in [0.2, 0.25) is 0 Å². The minimum Gasteiger partial charge on any atom is -0.489 e. The molecule has 3 rings (SSSR count). The highest BCUT2D eigenvalue weighted by Crippen LogP contribution is 2.45. The molecule has 1 aliphatic rings. The van der Waals surface area contributed by atoms with Gasteiger partial charge in [0.15, 0.2) is 0 Å². The number of hydrogen-bond acceptors (Lipinski definition) is 4. The van der Waals surface area contributed by atoms with Crippen LogP contribution in [0.15, 0.2) is 39.9 Å². The summed E-state index contributed by atoms with van der Waals surface area (Å²) in [6, 6.07) is 10.9. The molecular formula is C17H21NOS2. The van der Waals surface area contributed by atoms with Crippen LogP contribution in [0.5, 0.6) is 5.75 Å². The van der Waals surface area contributed by atoms with Gasteiger partial charge in [0.25, 0.3) is 0 Å². The van der Waals surface area contributed by atoms with Crippen LogP contribution in [-0.2, 0) is 0 Å². The maximum Gasteiger partial charge on any atom is 0.142 e. The lowest BCUT2D eigenvalue weighted by atomic mass is 10.0. The van der Waals surface area contributed by atoms with Crippen molar-refractivity contribution < 1.29 is 4.74 Å². The molecule has 0 radical (unpaired) electrons. The van der Waals surface area contributed by atoms with Crippen molar-refractivity contribution >= 4 is 28.8 Å². The average Bonchev–Trinajstić information content (AvgIpc) is 2.88. The van der Waals surface area contributed by atoms with Crippen molar-refractivity contribution in [3.8, 4) is 5.75 Å². The van der Waals surface area contributed by atoms with Crippen LogP contribution in [0.3, 0.4) is 0 Å². The van der Waals surface area contributed by atoms with Crippen molar-refractivity contribution in [1.82, 2.24) is 0 Å². The van der Waals surface area contributed by atoms with Crippen LogP contribution in [0.2, 0.25) is 0 Å². The minimum absolute atomic E-state index is 0.186. The quantitative estimate of drug-likeness (QED) is 0.795. The van der Waals surface area contributed by atoms with Crippen molar-refractivity contribution in [1.29, 1.82) is 0 Å². The second-order valence-electron chi connectivity index (χ2n) is 5.69. The molecule has 2 aromatic rings. The first-order valence-electron chi connectivity index (χ1n) is 7.39. The summed E-state index contributed by atoms with van der Waals surface area (Å²) in [6.45, 7) is 6.43. The Morgan fingerprint density at radius 1 is 1.24 bits per heavy atom. The molecule has 1 N–H and O–H groups in total. The predicted molar refractivity (Wildman–Crippen MR) is 92.8 cm³/mol. The summed E-state index contributed by atoms with van der Waals surface area (Å²) in [5.41, 5.74) is 2.52. The number of nitrogens with one attached hydrogen (secondary N) is 1. The molecule has 0 bridgehead atoms. The van der Waals surface area contributed by atoms with Crippen molar-refractivity contribution in [3.63, 3.8) is 0 Å². The normalized spacial score (nSPS) is 21.1. The summed E-state index contributed by atoms with van der Waals surface area (Å²) in [5, 5.41) is 6.54. The molecule has 4 heteroatoms. The Bertz CT molecular complexity index is 608. The standard InChI is InChI=1S/C17H21NOS2/c1-11(2)19-16-7-5-4-6-14(16)18-15-10-12(3)21-17-13(15)8-9-20-17/h4-9,11-12,15,18H,10H2,1-3H3/t12-,15?/m0/s1. The first kappa shape index (κ1) is 14.8. The van der Waals surface area contributed by atoms with Gasteiger partial charge in [-0.1, -0.05) is 19.1 Å². The van der Waals surface area contributed by atoms with Crippen LogP contribution in [0.1, 0.15) is 38.8 Å². The van der Waals surface area contributed by atoms with E-state index in [1.54, 1.807) is 0 Å². The van der Waals surface area contributed by atoms with E-state index in [0.717, 1.165) is 17.9 Å².